The van der Waals surface area contributed by atoms with Gasteiger partial charge < -0.3 is 10.6 Å². The number of hydrogen-bond donors (Lipinski definition) is 1. The Kier molecular flexibility index (Phi) is 2.97. The molecule has 0 spiro atoms. The Balaban J connectivity index is 1.97. The fraction of sp³-hybridized carbons (Fsp3) is 0.692. The van der Waals surface area contributed by atoms with Crippen molar-refractivity contribution < 1.29 is 0 Å². The third-order valence-corrected chi connectivity index (χ3v) is 4.02. The predicted octanol–water partition coefficient (Wildman–Crippen LogP) is 1.28. The molecule has 3 rings (SSSR count). The molecule has 1 saturated heterocycles. The minimum absolute atomic E-state index is 0.482. The fourth-order valence-corrected chi connectivity index (χ4v) is 3.11. The summed E-state index contributed by atoms with van der Waals surface area (Å²) >= 11 is 0. The largest absolute Gasteiger partial charge is 0.352 e. The van der Waals surface area contributed by atoms with E-state index in [4.69, 9.17) is 5.73 Å². The first-order valence-corrected chi connectivity index (χ1v) is 6.69. The molecule has 2 heterocycles. The van der Waals surface area contributed by atoms with Crippen LogP contribution in [-0.4, -0.2) is 29.1 Å². The Morgan fingerprint density at radius 3 is 3.00 bits per heavy atom. The predicted molar refractivity (Wildman–Crippen MR) is 68.1 cm³/mol. The highest BCUT2D eigenvalue weighted by Gasteiger charge is 2.28. The van der Waals surface area contributed by atoms with Gasteiger partial charge in [0.15, 0.2) is 0 Å². The molecule has 1 aromatic rings. The number of hydrogen-bond acceptors (Lipinski definition) is 4. The van der Waals surface area contributed by atoms with Crippen LogP contribution in [0.25, 0.3) is 0 Å². The zero-order valence-electron chi connectivity index (χ0n) is 10.2. The molecule has 2 N–H and O–H groups in total. The van der Waals surface area contributed by atoms with E-state index in [1.165, 1.54) is 42.8 Å². The Hall–Kier alpha value is -1.16. The standard InChI is InChI=1S/C13H20N4/c14-8-10-4-3-7-17(10)13-11-5-1-2-6-12(11)15-9-16-13/h9-10H,1-8,14H2. The van der Waals surface area contributed by atoms with Crippen LogP contribution < -0.4 is 10.6 Å². The highest BCUT2D eigenvalue weighted by atomic mass is 15.2. The summed E-state index contributed by atoms with van der Waals surface area (Å²) in [6, 6.07) is 0.482. The zero-order valence-corrected chi connectivity index (χ0v) is 10.2. The summed E-state index contributed by atoms with van der Waals surface area (Å²) in [5.74, 6) is 1.17. The molecule has 0 bridgehead atoms. The zero-order chi connectivity index (χ0) is 11.7. The van der Waals surface area contributed by atoms with E-state index in [2.05, 4.69) is 14.9 Å². The monoisotopic (exact) mass is 232 g/mol. The second-order valence-corrected chi connectivity index (χ2v) is 5.05. The summed E-state index contributed by atoms with van der Waals surface area (Å²) in [6.07, 6.45) is 8.96. The molecule has 4 heteroatoms. The van der Waals surface area contributed by atoms with Crippen LogP contribution in [0.15, 0.2) is 6.33 Å². The first-order valence-electron chi connectivity index (χ1n) is 6.69. The van der Waals surface area contributed by atoms with Crippen molar-refractivity contribution in [3.63, 3.8) is 0 Å². The molecule has 0 saturated carbocycles. The van der Waals surface area contributed by atoms with Crippen molar-refractivity contribution >= 4 is 5.82 Å². The van der Waals surface area contributed by atoms with Gasteiger partial charge in [0.05, 0.1) is 0 Å². The van der Waals surface area contributed by atoms with E-state index in [1.54, 1.807) is 6.33 Å². The van der Waals surface area contributed by atoms with Gasteiger partial charge in [-0.05, 0) is 38.5 Å². The lowest BCUT2D eigenvalue weighted by Crippen LogP contribution is -2.37. The average Bonchev–Trinajstić information content (AvgIpc) is 2.86. The number of fused-ring (bicyclic) bond motifs is 1. The van der Waals surface area contributed by atoms with E-state index in [0.29, 0.717) is 6.04 Å². The Labute approximate surface area is 102 Å². The van der Waals surface area contributed by atoms with Gasteiger partial charge in [-0.1, -0.05) is 0 Å². The van der Waals surface area contributed by atoms with E-state index in [9.17, 15) is 0 Å². The summed E-state index contributed by atoms with van der Waals surface area (Å²) in [4.78, 5) is 11.4. The van der Waals surface area contributed by atoms with Crippen LogP contribution in [0.1, 0.15) is 36.9 Å². The lowest BCUT2D eigenvalue weighted by molar-refractivity contribution is 0.637. The minimum Gasteiger partial charge on any atom is -0.352 e. The van der Waals surface area contributed by atoms with Crippen LogP contribution >= 0.6 is 0 Å². The van der Waals surface area contributed by atoms with Crippen molar-refractivity contribution in [3.05, 3.63) is 17.6 Å². The molecule has 1 aromatic heterocycles. The second kappa shape index (κ2) is 4.61. The smallest absolute Gasteiger partial charge is 0.135 e. The Morgan fingerprint density at radius 2 is 2.12 bits per heavy atom. The summed E-state index contributed by atoms with van der Waals surface area (Å²) in [5.41, 5.74) is 8.51. The molecule has 2 aliphatic rings. The van der Waals surface area contributed by atoms with Gasteiger partial charge in [-0.3, -0.25) is 0 Å². The number of nitrogens with two attached hydrogens (primary N) is 1. The van der Waals surface area contributed by atoms with Gasteiger partial charge in [-0.2, -0.15) is 0 Å². The van der Waals surface area contributed by atoms with Gasteiger partial charge >= 0.3 is 0 Å². The molecule has 1 fully saturated rings. The fourth-order valence-electron chi connectivity index (χ4n) is 3.11. The van der Waals surface area contributed by atoms with E-state index >= 15 is 0 Å². The van der Waals surface area contributed by atoms with E-state index in [1.807, 2.05) is 0 Å². The summed E-state index contributed by atoms with van der Waals surface area (Å²) in [7, 11) is 0. The van der Waals surface area contributed by atoms with Crippen molar-refractivity contribution in [1.82, 2.24) is 9.97 Å². The Morgan fingerprint density at radius 1 is 1.24 bits per heavy atom. The molecule has 92 valence electrons. The molecule has 17 heavy (non-hydrogen) atoms. The molecule has 1 atom stereocenters. The first-order chi connectivity index (χ1) is 8.40. The second-order valence-electron chi connectivity index (χ2n) is 5.05. The normalized spacial score (nSPS) is 23.8. The molecule has 1 aliphatic heterocycles. The average molecular weight is 232 g/mol. The topological polar surface area (TPSA) is 55.0 Å². The van der Waals surface area contributed by atoms with Crippen LogP contribution in [0.5, 0.6) is 0 Å². The van der Waals surface area contributed by atoms with Crippen LogP contribution in [0.4, 0.5) is 5.82 Å². The van der Waals surface area contributed by atoms with Crippen molar-refractivity contribution in [2.75, 3.05) is 18.0 Å². The van der Waals surface area contributed by atoms with E-state index < -0.39 is 0 Å². The van der Waals surface area contributed by atoms with Gasteiger partial charge in [0, 0.05) is 30.4 Å². The molecule has 4 nitrogen and oxygen atoms in total. The third kappa shape index (κ3) is 1.90. The van der Waals surface area contributed by atoms with Crippen molar-refractivity contribution in [1.29, 1.82) is 0 Å². The molecule has 1 aliphatic carbocycles. The molecule has 0 aromatic carbocycles. The summed E-state index contributed by atoms with van der Waals surface area (Å²) in [6.45, 7) is 1.84. The number of aryl methyl sites for hydroxylation is 1. The third-order valence-electron chi connectivity index (χ3n) is 4.02. The van der Waals surface area contributed by atoms with Gasteiger partial charge in [0.2, 0.25) is 0 Å². The van der Waals surface area contributed by atoms with Gasteiger partial charge in [-0.25, -0.2) is 9.97 Å². The lowest BCUT2D eigenvalue weighted by atomic mass is 9.96. The summed E-state index contributed by atoms with van der Waals surface area (Å²) < 4.78 is 0. The molecule has 0 amide bonds. The molecule has 1 unspecified atom stereocenters. The molecule has 0 radical (unpaired) electrons. The maximum atomic E-state index is 5.85. The van der Waals surface area contributed by atoms with Crippen molar-refractivity contribution in [2.24, 2.45) is 5.73 Å². The van der Waals surface area contributed by atoms with Gasteiger partial charge in [-0.15, -0.1) is 0 Å². The lowest BCUT2D eigenvalue weighted by Gasteiger charge is -2.28. The highest BCUT2D eigenvalue weighted by Crippen LogP contribution is 2.31. The first kappa shape index (κ1) is 11.0. The maximum Gasteiger partial charge on any atom is 0.135 e. The van der Waals surface area contributed by atoms with Crippen LogP contribution in [0, 0.1) is 0 Å². The van der Waals surface area contributed by atoms with Gasteiger partial charge in [0.25, 0.3) is 0 Å². The SMILES string of the molecule is NCC1CCCN1c1ncnc2c1CCCC2. The molecular formula is C13H20N4. The van der Waals surface area contributed by atoms with Crippen LogP contribution in [0.3, 0.4) is 0 Å². The Bertz CT molecular complexity index is 404. The van der Waals surface area contributed by atoms with Crippen LogP contribution in [0.2, 0.25) is 0 Å². The quantitative estimate of drug-likeness (QED) is 0.834. The van der Waals surface area contributed by atoms with E-state index in [0.717, 1.165) is 25.9 Å². The molecular weight excluding hydrogens is 212 g/mol. The van der Waals surface area contributed by atoms with E-state index in [-0.39, 0.29) is 0 Å². The maximum absolute atomic E-state index is 5.85. The summed E-state index contributed by atoms with van der Waals surface area (Å²) in [5, 5.41) is 0. The van der Waals surface area contributed by atoms with Crippen LogP contribution in [-0.2, 0) is 12.8 Å². The number of aromatic nitrogens is 2. The minimum atomic E-state index is 0.482. The highest BCUT2D eigenvalue weighted by molar-refractivity contribution is 5.51. The number of nitrogens with zero attached hydrogens (tertiary/aromatic N) is 3. The number of rotatable bonds is 2. The van der Waals surface area contributed by atoms with Gasteiger partial charge in [0.1, 0.15) is 12.1 Å². The number of anilines is 1. The van der Waals surface area contributed by atoms with Crippen molar-refractivity contribution in [2.45, 2.75) is 44.6 Å². The van der Waals surface area contributed by atoms with Crippen molar-refractivity contribution in [3.8, 4) is 0 Å².